The number of hydrogen-bond donors (Lipinski definition) is 1. The Kier molecular flexibility index (Phi) is 9.66. The maximum absolute atomic E-state index is 4.59. The van der Waals surface area contributed by atoms with Crippen molar-refractivity contribution in [3.8, 4) is 0 Å². The lowest BCUT2D eigenvalue weighted by atomic mass is 10.2. The molecule has 3 rings (SSSR count). The molecule has 1 aliphatic heterocycles. The van der Waals surface area contributed by atoms with Gasteiger partial charge in [0.25, 0.3) is 0 Å². The highest BCUT2D eigenvalue weighted by atomic mass is 127. The average molecular weight is 508 g/mol. The molecule has 6 nitrogen and oxygen atoms in total. The van der Waals surface area contributed by atoms with Gasteiger partial charge in [-0.25, -0.2) is 4.98 Å². The molecule has 0 unspecified atom stereocenters. The van der Waals surface area contributed by atoms with Gasteiger partial charge in [0.1, 0.15) is 5.82 Å². The van der Waals surface area contributed by atoms with Gasteiger partial charge in [-0.2, -0.15) is 0 Å². The van der Waals surface area contributed by atoms with Gasteiger partial charge in [0.15, 0.2) is 5.96 Å². The van der Waals surface area contributed by atoms with Crippen molar-refractivity contribution >= 4 is 35.8 Å². The van der Waals surface area contributed by atoms with Crippen LogP contribution in [0.2, 0.25) is 0 Å². The van der Waals surface area contributed by atoms with Gasteiger partial charge >= 0.3 is 0 Å². The molecule has 2 aromatic rings. The van der Waals surface area contributed by atoms with E-state index in [1.165, 1.54) is 11.1 Å². The molecule has 29 heavy (non-hydrogen) atoms. The summed E-state index contributed by atoms with van der Waals surface area (Å²) < 4.78 is 0. The fourth-order valence-corrected chi connectivity index (χ4v) is 3.53. The van der Waals surface area contributed by atoms with Gasteiger partial charge in [-0.15, -0.1) is 24.0 Å². The van der Waals surface area contributed by atoms with Crippen LogP contribution in [0.3, 0.4) is 0 Å². The summed E-state index contributed by atoms with van der Waals surface area (Å²) in [6, 6.07) is 14.7. The quantitative estimate of drug-likeness (QED) is 0.370. The minimum Gasteiger partial charge on any atom is -0.354 e. The number of nitrogens with one attached hydrogen (secondary N) is 1. The standard InChI is InChI=1S/C22H32N6.HI/c1-4-27-12-14-28(15-13-27)21-16-20(10-11-24-21)17-25-22(23-2)26(3)18-19-8-6-5-7-9-19;/h5-11,16H,4,12-15,17-18H2,1-3H3,(H,23,25);1H. The fourth-order valence-electron chi connectivity index (χ4n) is 3.53. The summed E-state index contributed by atoms with van der Waals surface area (Å²) in [6.07, 6.45) is 1.91. The molecule has 1 saturated heterocycles. The second-order valence-corrected chi connectivity index (χ2v) is 7.19. The normalized spacial score (nSPS) is 15.0. The molecular formula is C22H33IN6. The molecule has 158 valence electrons. The smallest absolute Gasteiger partial charge is 0.193 e. The molecule has 0 amide bonds. The third-order valence-electron chi connectivity index (χ3n) is 5.24. The van der Waals surface area contributed by atoms with Crippen LogP contribution in [0.15, 0.2) is 53.7 Å². The molecule has 0 bridgehead atoms. The van der Waals surface area contributed by atoms with Gasteiger partial charge in [-0.3, -0.25) is 4.99 Å². The van der Waals surface area contributed by atoms with E-state index in [4.69, 9.17) is 0 Å². The first kappa shape index (κ1) is 23.4. The van der Waals surface area contributed by atoms with Crippen LogP contribution in [0.4, 0.5) is 5.82 Å². The molecule has 0 aliphatic carbocycles. The van der Waals surface area contributed by atoms with Crippen LogP contribution in [0, 0.1) is 0 Å². The number of halogens is 1. The van der Waals surface area contributed by atoms with E-state index < -0.39 is 0 Å². The maximum Gasteiger partial charge on any atom is 0.193 e. The lowest BCUT2D eigenvalue weighted by Gasteiger charge is -2.34. The summed E-state index contributed by atoms with van der Waals surface area (Å²) in [5, 5.41) is 3.47. The number of aromatic nitrogens is 1. The third-order valence-corrected chi connectivity index (χ3v) is 5.24. The van der Waals surface area contributed by atoms with E-state index in [0.717, 1.165) is 57.6 Å². The molecule has 0 spiro atoms. The first-order chi connectivity index (χ1) is 13.7. The summed E-state index contributed by atoms with van der Waals surface area (Å²) in [5.41, 5.74) is 2.49. The van der Waals surface area contributed by atoms with Gasteiger partial charge in [0.05, 0.1) is 0 Å². The van der Waals surface area contributed by atoms with Crippen molar-refractivity contribution in [2.45, 2.75) is 20.0 Å². The topological polar surface area (TPSA) is 47.0 Å². The molecular weight excluding hydrogens is 475 g/mol. The zero-order valence-electron chi connectivity index (χ0n) is 17.7. The van der Waals surface area contributed by atoms with Crippen molar-refractivity contribution in [3.05, 3.63) is 59.8 Å². The minimum atomic E-state index is 0. The molecule has 0 saturated carbocycles. The largest absolute Gasteiger partial charge is 0.354 e. The Morgan fingerprint density at radius 3 is 2.48 bits per heavy atom. The van der Waals surface area contributed by atoms with Crippen LogP contribution >= 0.6 is 24.0 Å². The van der Waals surface area contributed by atoms with E-state index in [9.17, 15) is 0 Å². The Bertz CT molecular complexity index is 759. The summed E-state index contributed by atoms with van der Waals surface area (Å²) in [7, 11) is 3.89. The summed E-state index contributed by atoms with van der Waals surface area (Å²) >= 11 is 0. The molecule has 1 N–H and O–H groups in total. The SMILES string of the molecule is CCN1CCN(c2cc(CNC(=NC)N(C)Cc3ccccc3)ccn2)CC1.I. The Hall–Kier alpha value is -1.87. The number of pyridine rings is 1. The van der Waals surface area contributed by atoms with E-state index in [1.54, 1.807) is 0 Å². The number of benzene rings is 1. The molecule has 0 atom stereocenters. The van der Waals surface area contributed by atoms with E-state index in [2.05, 4.69) is 80.4 Å². The number of nitrogens with zero attached hydrogens (tertiary/aromatic N) is 5. The van der Waals surface area contributed by atoms with Crippen molar-refractivity contribution < 1.29 is 0 Å². The molecule has 0 radical (unpaired) electrons. The highest BCUT2D eigenvalue weighted by molar-refractivity contribution is 14.0. The van der Waals surface area contributed by atoms with Gasteiger partial charge < -0.3 is 20.0 Å². The molecule has 1 aromatic carbocycles. The molecule has 1 aromatic heterocycles. The van der Waals surface area contributed by atoms with Gasteiger partial charge in [0, 0.05) is 59.6 Å². The van der Waals surface area contributed by atoms with E-state index in [1.807, 2.05) is 19.3 Å². The third kappa shape index (κ3) is 6.85. The number of anilines is 1. The van der Waals surface area contributed by atoms with Crippen LogP contribution in [0.1, 0.15) is 18.1 Å². The van der Waals surface area contributed by atoms with Crippen molar-refractivity contribution in [1.82, 2.24) is 20.1 Å². The van der Waals surface area contributed by atoms with Crippen LogP contribution in [0.25, 0.3) is 0 Å². The minimum absolute atomic E-state index is 0. The van der Waals surface area contributed by atoms with Crippen LogP contribution in [-0.4, -0.2) is 67.6 Å². The van der Waals surface area contributed by atoms with E-state index in [0.29, 0.717) is 0 Å². The number of hydrogen-bond acceptors (Lipinski definition) is 4. The summed E-state index contributed by atoms with van der Waals surface area (Å²) in [5.74, 6) is 1.96. The predicted molar refractivity (Wildman–Crippen MR) is 132 cm³/mol. The number of likely N-dealkylation sites (N-methyl/N-ethyl adjacent to an activating group) is 1. The molecule has 1 fully saturated rings. The van der Waals surface area contributed by atoms with Crippen molar-refractivity contribution in [1.29, 1.82) is 0 Å². The lowest BCUT2D eigenvalue weighted by Crippen LogP contribution is -2.46. The Morgan fingerprint density at radius 2 is 1.83 bits per heavy atom. The monoisotopic (exact) mass is 508 g/mol. The zero-order valence-corrected chi connectivity index (χ0v) is 20.0. The lowest BCUT2D eigenvalue weighted by molar-refractivity contribution is 0.270. The Morgan fingerprint density at radius 1 is 1.10 bits per heavy atom. The van der Waals surface area contributed by atoms with Gasteiger partial charge in [-0.05, 0) is 29.8 Å². The van der Waals surface area contributed by atoms with Crippen molar-refractivity contribution in [2.24, 2.45) is 4.99 Å². The second kappa shape index (κ2) is 12.0. The van der Waals surface area contributed by atoms with Crippen molar-refractivity contribution in [2.75, 3.05) is 51.7 Å². The number of aliphatic imine (C=N–C) groups is 1. The highest BCUT2D eigenvalue weighted by Gasteiger charge is 2.17. The molecule has 2 heterocycles. The molecule has 1 aliphatic rings. The fraction of sp³-hybridized carbons (Fsp3) is 0.455. The van der Waals surface area contributed by atoms with Crippen LogP contribution < -0.4 is 10.2 Å². The first-order valence-electron chi connectivity index (χ1n) is 10.1. The van der Waals surface area contributed by atoms with E-state index in [-0.39, 0.29) is 24.0 Å². The predicted octanol–water partition coefficient (Wildman–Crippen LogP) is 3.05. The zero-order chi connectivity index (χ0) is 19.8. The highest BCUT2D eigenvalue weighted by Crippen LogP contribution is 2.15. The maximum atomic E-state index is 4.59. The first-order valence-corrected chi connectivity index (χ1v) is 10.1. The van der Waals surface area contributed by atoms with Gasteiger partial charge in [0.2, 0.25) is 0 Å². The Labute approximate surface area is 192 Å². The summed E-state index contributed by atoms with van der Waals surface area (Å²) in [6.45, 7) is 9.20. The second-order valence-electron chi connectivity index (χ2n) is 7.19. The van der Waals surface area contributed by atoms with Crippen molar-refractivity contribution in [3.63, 3.8) is 0 Å². The number of piperazine rings is 1. The summed E-state index contributed by atoms with van der Waals surface area (Å²) in [4.78, 5) is 16.0. The average Bonchev–Trinajstić information content (AvgIpc) is 2.75. The molecule has 7 heteroatoms. The Balaban J connectivity index is 0.00000300. The van der Waals surface area contributed by atoms with Gasteiger partial charge in [-0.1, -0.05) is 37.3 Å². The van der Waals surface area contributed by atoms with Crippen LogP contribution in [-0.2, 0) is 13.1 Å². The number of guanidine groups is 1. The van der Waals surface area contributed by atoms with E-state index >= 15 is 0 Å². The number of rotatable bonds is 6. The van der Waals surface area contributed by atoms with Crippen LogP contribution in [0.5, 0.6) is 0 Å².